The van der Waals surface area contributed by atoms with E-state index in [2.05, 4.69) is 4.98 Å². The summed E-state index contributed by atoms with van der Waals surface area (Å²) in [5, 5.41) is 9.55. The van der Waals surface area contributed by atoms with E-state index in [0.29, 0.717) is 22.2 Å². The Balaban J connectivity index is 2.15. The molecule has 0 radical (unpaired) electrons. The number of benzene rings is 2. The number of hydrogen-bond acceptors (Lipinski definition) is 4. The van der Waals surface area contributed by atoms with Crippen molar-refractivity contribution in [3.63, 3.8) is 0 Å². The lowest BCUT2D eigenvalue weighted by Gasteiger charge is -2.20. The topological polar surface area (TPSA) is 74.1 Å². The van der Waals surface area contributed by atoms with E-state index in [4.69, 9.17) is 5.26 Å². The summed E-state index contributed by atoms with van der Waals surface area (Å²) in [5.74, 6) is 0. The number of rotatable bonds is 3. The number of sulfonamides is 1. The lowest BCUT2D eigenvalue weighted by Crippen LogP contribution is -2.26. The van der Waals surface area contributed by atoms with Gasteiger partial charge in [-0.05, 0) is 42.5 Å². The Labute approximate surface area is 134 Å². The van der Waals surface area contributed by atoms with E-state index >= 15 is 0 Å². The number of nitrogens with zero attached hydrogens (tertiary/aromatic N) is 3. The van der Waals surface area contributed by atoms with Crippen molar-refractivity contribution < 1.29 is 8.42 Å². The first kappa shape index (κ1) is 15.0. The van der Waals surface area contributed by atoms with E-state index < -0.39 is 10.0 Å². The third-order valence-electron chi connectivity index (χ3n) is 3.58. The van der Waals surface area contributed by atoms with Gasteiger partial charge in [-0.1, -0.05) is 12.1 Å². The molecule has 1 heterocycles. The van der Waals surface area contributed by atoms with E-state index in [0.717, 1.165) is 0 Å². The summed E-state index contributed by atoms with van der Waals surface area (Å²) in [4.78, 5) is 4.38. The lowest BCUT2D eigenvalue weighted by atomic mass is 10.2. The van der Waals surface area contributed by atoms with Crippen molar-refractivity contribution in [2.45, 2.75) is 4.90 Å². The number of aromatic nitrogens is 1. The van der Waals surface area contributed by atoms with Crippen LogP contribution in [0.4, 0.5) is 5.69 Å². The Morgan fingerprint density at radius 3 is 2.65 bits per heavy atom. The highest BCUT2D eigenvalue weighted by molar-refractivity contribution is 7.93. The Morgan fingerprint density at radius 1 is 1.09 bits per heavy atom. The van der Waals surface area contributed by atoms with Gasteiger partial charge in [0.2, 0.25) is 0 Å². The van der Waals surface area contributed by atoms with E-state index in [9.17, 15) is 8.42 Å². The summed E-state index contributed by atoms with van der Waals surface area (Å²) in [5.41, 5.74) is 1.46. The normalized spacial score (nSPS) is 11.1. The molecule has 0 bridgehead atoms. The van der Waals surface area contributed by atoms with Gasteiger partial charge in [0.05, 0.1) is 27.7 Å². The zero-order chi connectivity index (χ0) is 16.4. The van der Waals surface area contributed by atoms with E-state index in [1.807, 2.05) is 6.07 Å². The van der Waals surface area contributed by atoms with Crippen LogP contribution in [-0.2, 0) is 10.0 Å². The van der Waals surface area contributed by atoms with Crippen molar-refractivity contribution in [1.29, 1.82) is 5.26 Å². The molecule has 5 nitrogen and oxygen atoms in total. The molecule has 0 spiro atoms. The minimum atomic E-state index is -3.76. The van der Waals surface area contributed by atoms with Gasteiger partial charge in [0.1, 0.15) is 0 Å². The van der Waals surface area contributed by atoms with E-state index in [1.165, 1.54) is 11.4 Å². The molecule has 0 saturated carbocycles. The van der Waals surface area contributed by atoms with Gasteiger partial charge in [-0.3, -0.25) is 9.29 Å². The largest absolute Gasteiger partial charge is 0.269 e. The van der Waals surface area contributed by atoms with Gasteiger partial charge in [0.15, 0.2) is 0 Å². The van der Waals surface area contributed by atoms with Crippen molar-refractivity contribution >= 4 is 26.6 Å². The molecule has 23 heavy (non-hydrogen) atoms. The van der Waals surface area contributed by atoms with E-state index in [-0.39, 0.29) is 4.90 Å². The monoisotopic (exact) mass is 323 g/mol. The van der Waals surface area contributed by atoms with Crippen LogP contribution in [0.1, 0.15) is 5.56 Å². The molecule has 0 saturated heterocycles. The van der Waals surface area contributed by atoms with Crippen LogP contribution in [0.3, 0.4) is 0 Å². The number of pyridine rings is 1. The average Bonchev–Trinajstić information content (AvgIpc) is 2.60. The second-order valence-corrected chi connectivity index (χ2v) is 6.90. The molecule has 0 aliphatic heterocycles. The summed E-state index contributed by atoms with van der Waals surface area (Å²) >= 11 is 0. The Kier molecular flexibility index (Phi) is 3.72. The second-order valence-electron chi connectivity index (χ2n) is 4.96. The first-order valence-corrected chi connectivity index (χ1v) is 8.31. The summed E-state index contributed by atoms with van der Waals surface area (Å²) in [7, 11) is -2.29. The molecule has 0 atom stereocenters. The molecule has 0 N–H and O–H groups in total. The molecule has 2 aromatic carbocycles. The number of anilines is 1. The predicted octanol–water partition coefficient (Wildman–Crippen LogP) is 2.93. The molecular weight excluding hydrogens is 310 g/mol. The highest BCUT2D eigenvalue weighted by atomic mass is 32.2. The van der Waals surface area contributed by atoms with Gasteiger partial charge in [0, 0.05) is 18.6 Å². The maximum atomic E-state index is 13.0. The first-order valence-electron chi connectivity index (χ1n) is 6.87. The van der Waals surface area contributed by atoms with Crippen LogP contribution in [0.25, 0.3) is 10.9 Å². The molecule has 0 unspecified atom stereocenters. The minimum absolute atomic E-state index is 0.188. The van der Waals surface area contributed by atoms with Gasteiger partial charge in [-0.2, -0.15) is 5.26 Å². The molecule has 0 fully saturated rings. The van der Waals surface area contributed by atoms with Gasteiger partial charge in [0.25, 0.3) is 10.0 Å². The smallest absolute Gasteiger partial charge is 0.264 e. The first-order chi connectivity index (χ1) is 11.0. The maximum absolute atomic E-state index is 13.0. The van der Waals surface area contributed by atoms with Crippen LogP contribution >= 0.6 is 0 Å². The summed E-state index contributed by atoms with van der Waals surface area (Å²) in [6, 6.07) is 16.9. The minimum Gasteiger partial charge on any atom is -0.269 e. The van der Waals surface area contributed by atoms with Crippen molar-refractivity contribution in [2.24, 2.45) is 0 Å². The highest BCUT2D eigenvalue weighted by Crippen LogP contribution is 2.27. The van der Waals surface area contributed by atoms with Crippen molar-refractivity contribution in [2.75, 3.05) is 11.4 Å². The fourth-order valence-electron chi connectivity index (χ4n) is 2.36. The third kappa shape index (κ3) is 2.62. The van der Waals surface area contributed by atoms with Gasteiger partial charge >= 0.3 is 0 Å². The fourth-order valence-corrected chi connectivity index (χ4v) is 3.74. The van der Waals surface area contributed by atoms with Crippen molar-refractivity contribution in [1.82, 2.24) is 4.98 Å². The van der Waals surface area contributed by atoms with Crippen LogP contribution in [0.2, 0.25) is 0 Å². The number of fused-ring (bicyclic) bond motifs is 1. The molecule has 0 aliphatic rings. The summed E-state index contributed by atoms with van der Waals surface area (Å²) in [6.07, 6.45) is 1.62. The fraction of sp³-hybridized carbons (Fsp3) is 0.0588. The van der Waals surface area contributed by atoms with Gasteiger partial charge in [-0.15, -0.1) is 0 Å². The predicted molar refractivity (Wildman–Crippen MR) is 88.5 cm³/mol. The molecule has 3 rings (SSSR count). The Bertz CT molecular complexity index is 1020. The number of nitriles is 1. The quantitative estimate of drug-likeness (QED) is 0.743. The van der Waals surface area contributed by atoms with Gasteiger partial charge < -0.3 is 0 Å². The van der Waals surface area contributed by atoms with Crippen LogP contribution in [-0.4, -0.2) is 20.4 Å². The molecule has 114 valence electrons. The van der Waals surface area contributed by atoms with Gasteiger partial charge in [-0.25, -0.2) is 8.42 Å². The van der Waals surface area contributed by atoms with Crippen molar-refractivity contribution in [3.8, 4) is 6.07 Å². The highest BCUT2D eigenvalue weighted by Gasteiger charge is 2.23. The third-order valence-corrected chi connectivity index (χ3v) is 5.43. The molecule has 0 aliphatic carbocycles. The van der Waals surface area contributed by atoms with Crippen LogP contribution in [0.15, 0.2) is 65.7 Å². The molecule has 3 aromatic rings. The zero-order valence-corrected chi connectivity index (χ0v) is 13.2. The zero-order valence-electron chi connectivity index (χ0n) is 12.3. The standard InChI is InChI=1S/C17H13N3O2S/c1-20(14-6-2-5-13(11-14)12-18)23(21,22)17-9-3-8-16-15(17)7-4-10-19-16/h2-11H,1H3. The van der Waals surface area contributed by atoms with Crippen LogP contribution < -0.4 is 4.31 Å². The SMILES string of the molecule is CN(c1cccc(C#N)c1)S(=O)(=O)c1cccc2ncccc12. The summed E-state index contributed by atoms with van der Waals surface area (Å²) in [6.45, 7) is 0. The van der Waals surface area contributed by atoms with Crippen LogP contribution in [0, 0.1) is 11.3 Å². The van der Waals surface area contributed by atoms with E-state index in [1.54, 1.807) is 60.8 Å². The van der Waals surface area contributed by atoms with Crippen LogP contribution in [0.5, 0.6) is 0 Å². The van der Waals surface area contributed by atoms with Crippen molar-refractivity contribution in [3.05, 3.63) is 66.4 Å². The Hall–Kier alpha value is -2.91. The second kappa shape index (κ2) is 5.71. The summed E-state index contributed by atoms with van der Waals surface area (Å²) < 4.78 is 27.1. The number of hydrogen-bond donors (Lipinski definition) is 0. The Morgan fingerprint density at radius 2 is 1.87 bits per heavy atom. The molecular formula is C17H13N3O2S. The molecule has 0 amide bonds. The average molecular weight is 323 g/mol. The molecule has 1 aromatic heterocycles. The molecule has 6 heteroatoms. The maximum Gasteiger partial charge on any atom is 0.264 e. The lowest BCUT2D eigenvalue weighted by molar-refractivity contribution is 0.595.